The van der Waals surface area contributed by atoms with Crippen molar-refractivity contribution < 1.29 is 22.8 Å². The minimum absolute atomic E-state index is 0.0331. The van der Waals surface area contributed by atoms with Crippen LogP contribution in [-0.2, 0) is 11.0 Å². The Kier molecular flexibility index (Phi) is 4.46. The van der Waals surface area contributed by atoms with E-state index in [-0.39, 0.29) is 11.4 Å². The van der Waals surface area contributed by atoms with Gasteiger partial charge in [-0.15, -0.1) is 0 Å². The van der Waals surface area contributed by atoms with E-state index in [1.807, 2.05) is 0 Å². The summed E-state index contributed by atoms with van der Waals surface area (Å²) in [5, 5.41) is 2.51. The third-order valence-electron chi connectivity index (χ3n) is 4.42. The molecule has 3 aromatic rings. The van der Waals surface area contributed by atoms with Gasteiger partial charge in [0.05, 0.1) is 11.3 Å². The second-order valence-corrected chi connectivity index (χ2v) is 6.32. The fraction of sp³-hybridized carbons (Fsp3) is 0.0476. The quantitative estimate of drug-likeness (QED) is 0.519. The number of benzene rings is 2. The topological polar surface area (TPSA) is 54.3 Å². The van der Waals surface area contributed by atoms with Gasteiger partial charge < -0.3 is 9.88 Å². The van der Waals surface area contributed by atoms with E-state index in [1.54, 1.807) is 48.7 Å². The number of anilines is 1. The molecule has 1 aliphatic rings. The minimum atomic E-state index is -4.46. The molecule has 0 spiro atoms. The lowest BCUT2D eigenvalue weighted by Gasteiger charge is -2.12. The van der Waals surface area contributed by atoms with Gasteiger partial charge in [-0.3, -0.25) is 4.79 Å². The van der Waals surface area contributed by atoms with E-state index in [0.29, 0.717) is 11.4 Å². The van der Waals surface area contributed by atoms with Crippen LogP contribution < -0.4 is 10.2 Å². The summed E-state index contributed by atoms with van der Waals surface area (Å²) in [6, 6.07) is 16.0. The number of imide groups is 1. The molecule has 0 saturated carbocycles. The standard InChI is InChI=1S/C21H14F3N3O2/c22-21(23,24)14-6-4-9-16(12-14)26-11-5-10-17(26)13-18-19(28)27(20(29)25-18)15-7-2-1-3-8-15/h1-13H,(H,25,29)/b18-13+. The predicted molar refractivity (Wildman–Crippen MR) is 101 cm³/mol. The highest BCUT2D eigenvalue weighted by atomic mass is 19.4. The fourth-order valence-electron chi connectivity index (χ4n) is 3.07. The molecule has 2 aromatic carbocycles. The number of nitrogens with one attached hydrogen (secondary N) is 1. The van der Waals surface area contributed by atoms with E-state index in [4.69, 9.17) is 0 Å². The number of aromatic nitrogens is 1. The second kappa shape index (κ2) is 6.97. The van der Waals surface area contributed by atoms with Gasteiger partial charge in [0.25, 0.3) is 5.91 Å². The van der Waals surface area contributed by atoms with E-state index >= 15 is 0 Å². The Balaban J connectivity index is 1.69. The summed E-state index contributed by atoms with van der Waals surface area (Å²) in [7, 11) is 0. The summed E-state index contributed by atoms with van der Waals surface area (Å²) in [6.07, 6.45) is -1.45. The Labute approximate surface area is 163 Å². The number of amides is 3. The smallest absolute Gasteiger partial charge is 0.317 e. The molecule has 0 aliphatic carbocycles. The monoisotopic (exact) mass is 397 g/mol. The highest BCUT2D eigenvalue weighted by molar-refractivity contribution is 6.28. The van der Waals surface area contributed by atoms with Gasteiger partial charge in [0, 0.05) is 17.6 Å². The first kappa shape index (κ1) is 18.5. The summed E-state index contributed by atoms with van der Waals surface area (Å²) < 4.78 is 40.6. The lowest BCUT2D eigenvalue weighted by Crippen LogP contribution is -2.30. The molecule has 5 nitrogen and oxygen atoms in total. The SMILES string of the molecule is O=C1N/C(=C/c2cccn2-c2cccc(C(F)(F)F)c2)C(=O)N1c1ccccc1. The molecule has 0 unspecified atom stereocenters. The second-order valence-electron chi connectivity index (χ2n) is 6.32. The van der Waals surface area contributed by atoms with Gasteiger partial charge in [0.1, 0.15) is 5.70 Å². The summed E-state index contributed by atoms with van der Waals surface area (Å²) in [6.45, 7) is 0. The number of urea groups is 1. The Hall–Kier alpha value is -3.81. The van der Waals surface area contributed by atoms with Crippen LogP contribution >= 0.6 is 0 Å². The number of rotatable bonds is 3. The molecule has 8 heteroatoms. The molecule has 1 N–H and O–H groups in total. The summed E-state index contributed by atoms with van der Waals surface area (Å²) in [4.78, 5) is 26.0. The van der Waals surface area contributed by atoms with Gasteiger partial charge in [0.15, 0.2) is 0 Å². The molecule has 0 bridgehead atoms. The highest BCUT2D eigenvalue weighted by Gasteiger charge is 2.35. The van der Waals surface area contributed by atoms with Crippen LogP contribution in [-0.4, -0.2) is 16.5 Å². The molecule has 1 aromatic heterocycles. The first-order valence-electron chi connectivity index (χ1n) is 8.62. The van der Waals surface area contributed by atoms with Crippen LogP contribution in [0.5, 0.6) is 0 Å². The average Bonchev–Trinajstić information content (AvgIpc) is 3.26. The van der Waals surface area contributed by atoms with Crippen molar-refractivity contribution in [1.29, 1.82) is 0 Å². The molecule has 3 amide bonds. The molecule has 29 heavy (non-hydrogen) atoms. The summed E-state index contributed by atoms with van der Waals surface area (Å²) in [5.41, 5.74) is 0.413. The number of nitrogens with zero attached hydrogens (tertiary/aromatic N) is 2. The Morgan fingerprint density at radius 2 is 1.59 bits per heavy atom. The maximum atomic E-state index is 13.0. The maximum Gasteiger partial charge on any atom is 0.416 e. The molecule has 2 heterocycles. The number of carbonyl (C=O) groups is 2. The zero-order valence-corrected chi connectivity index (χ0v) is 14.9. The Morgan fingerprint density at radius 3 is 2.31 bits per heavy atom. The zero-order chi connectivity index (χ0) is 20.6. The van der Waals surface area contributed by atoms with Gasteiger partial charge in [0.2, 0.25) is 0 Å². The molecule has 1 fully saturated rings. The number of hydrogen-bond acceptors (Lipinski definition) is 2. The van der Waals surface area contributed by atoms with Crippen molar-refractivity contribution in [3.8, 4) is 5.69 Å². The highest BCUT2D eigenvalue weighted by Crippen LogP contribution is 2.31. The molecule has 4 rings (SSSR count). The largest absolute Gasteiger partial charge is 0.416 e. The average molecular weight is 397 g/mol. The third-order valence-corrected chi connectivity index (χ3v) is 4.42. The van der Waals surface area contributed by atoms with Crippen molar-refractivity contribution in [2.24, 2.45) is 0 Å². The number of hydrogen-bond donors (Lipinski definition) is 1. The van der Waals surface area contributed by atoms with E-state index in [2.05, 4.69) is 5.32 Å². The lowest BCUT2D eigenvalue weighted by atomic mass is 10.2. The van der Waals surface area contributed by atoms with Crippen molar-refractivity contribution in [1.82, 2.24) is 9.88 Å². The molecule has 0 radical (unpaired) electrons. The molecule has 1 saturated heterocycles. The van der Waals surface area contributed by atoms with Crippen molar-refractivity contribution in [2.45, 2.75) is 6.18 Å². The van der Waals surface area contributed by atoms with Gasteiger partial charge in [-0.2, -0.15) is 13.2 Å². The normalized spacial score (nSPS) is 15.8. The van der Waals surface area contributed by atoms with Gasteiger partial charge >= 0.3 is 12.2 Å². The fourth-order valence-corrected chi connectivity index (χ4v) is 3.07. The van der Waals surface area contributed by atoms with E-state index in [9.17, 15) is 22.8 Å². The van der Waals surface area contributed by atoms with Crippen LogP contribution in [0.3, 0.4) is 0 Å². The van der Waals surface area contributed by atoms with Crippen LogP contribution in [0, 0.1) is 0 Å². The van der Waals surface area contributed by atoms with Gasteiger partial charge in [-0.1, -0.05) is 24.3 Å². The zero-order valence-electron chi connectivity index (χ0n) is 14.9. The lowest BCUT2D eigenvalue weighted by molar-refractivity contribution is -0.137. The number of para-hydroxylation sites is 1. The minimum Gasteiger partial charge on any atom is -0.317 e. The molecule has 0 atom stereocenters. The van der Waals surface area contributed by atoms with Crippen molar-refractivity contribution in [2.75, 3.05) is 4.90 Å². The number of halogens is 3. The summed E-state index contributed by atoms with van der Waals surface area (Å²) >= 11 is 0. The molecular formula is C21H14F3N3O2. The Bertz CT molecular complexity index is 1120. The van der Waals surface area contributed by atoms with Crippen LogP contribution in [0.1, 0.15) is 11.3 Å². The van der Waals surface area contributed by atoms with E-state index < -0.39 is 23.7 Å². The van der Waals surface area contributed by atoms with E-state index in [1.165, 1.54) is 22.8 Å². The molecule has 1 aliphatic heterocycles. The first-order valence-corrected chi connectivity index (χ1v) is 8.62. The number of carbonyl (C=O) groups excluding carboxylic acids is 2. The van der Waals surface area contributed by atoms with Crippen molar-refractivity contribution in [3.63, 3.8) is 0 Å². The van der Waals surface area contributed by atoms with Crippen LogP contribution in [0.15, 0.2) is 78.6 Å². The Morgan fingerprint density at radius 1 is 0.862 bits per heavy atom. The number of alkyl halides is 3. The van der Waals surface area contributed by atoms with E-state index in [0.717, 1.165) is 17.0 Å². The van der Waals surface area contributed by atoms with Crippen LogP contribution in [0.2, 0.25) is 0 Å². The summed E-state index contributed by atoms with van der Waals surface area (Å²) in [5.74, 6) is -0.544. The molecule has 146 valence electrons. The third kappa shape index (κ3) is 3.52. The molecular weight excluding hydrogens is 383 g/mol. The van der Waals surface area contributed by atoms with Crippen LogP contribution in [0.25, 0.3) is 11.8 Å². The maximum absolute atomic E-state index is 13.0. The van der Waals surface area contributed by atoms with Gasteiger partial charge in [-0.25, -0.2) is 9.69 Å². The van der Waals surface area contributed by atoms with Crippen LogP contribution in [0.4, 0.5) is 23.7 Å². The predicted octanol–water partition coefficient (Wildman–Crippen LogP) is 4.59. The van der Waals surface area contributed by atoms with Crippen molar-refractivity contribution >= 4 is 23.7 Å². The van der Waals surface area contributed by atoms with Gasteiger partial charge in [-0.05, 0) is 48.5 Å². The first-order chi connectivity index (χ1) is 13.8. The van der Waals surface area contributed by atoms with Crippen molar-refractivity contribution in [3.05, 3.63) is 89.9 Å².